The van der Waals surface area contributed by atoms with Crippen molar-refractivity contribution in [2.75, 3.05) is 4.90 Å². The number of hydrogen-bond donors (Lipinski definition) is 2. The molecule has 2 N–H and O–H groups in total. The molecule has 1 saturated heterocycles. The molecule has 176 valence electrons. The van der Waals surface area contributed by atoms with E-state index in [1.165, 1.54) is 24.3 Å². The third-order valence-electron chi connectivity index (χ3n) is 5.03. The average Bonchev–Trinajstić information content (AvgIpc) is 2.82. The van der Waals surface area contributed by atoms with Gasteiger partial charge in [0, 0.05) is 3.57 Å². The summed E-state index contributed by atoms with van der Waals surface area (Å²) in [6.45, 7) is 0.388. The first-order valence-corrected chi connectivity index (χ1v) is 12.4. The van der Waals surface area contributed by atoms with Gasteiger partial charge >= 0.3 is 5.97 Å². The van der Waals surface area contributed by atoms with Gasteiger partial charge in [-0.1, -0.05) is 24.3 Å². The number of rotatable bonds is 6. The topological polar surface area (TPSA) is 95.9 Å². The molecule has 0 atom stereocenters. The molecule has 7 nitrogen and oxygen atoms in total. The zero-order valence-electron chi connectivity index (χ0n) is 17.8. The highest BCUT2D eigenvalue weighted by molar-refractivity contribution is 14.1. The van der Waals surface area contributed by atoms with E-state index in [1.54, 1.807) is 24.3 Å². The number of carbonyl (C=O) groups is 3. The summed E-state index contributed by atoms with van der Waals surface area (Å²) in [5, 5.41) is 11.6. The van der Waals surface area contributed by atoms with Crippen LogP contribution in [0.4, 0.5) is 5.69 Å². The Bertz CT molecular complexity index is 1390. The van der Waals surface area contributed by atoms with Crippen molar-refractivity contribution in [3.05, 3.63) is 97.0 Å². The highest BCUT2D eigenvalue weighted by Crippen LogP contribution is 2.29. The van der Waals surface area contributed by atoms with E-state index in [2.05, 4.69) is 43.8 Å². The average molecular weight is 663 g/mol. The smallest absolute Gasteiger partial charge is 0.335 e. The first-order valence-electron chi connectivity index (χ1n) is 10.1. The Balaban J connectivity index is 1.57. The molecule has 0 unspecified atom stereocenters. The molecule has 0 radical (unpaired) electrons. The molecule has 3 aromatic rings. The number of anilines is 1. The van der Waals surface area contributed by atoms with Crippen molar-refractivity contribution in [3.63, 3.8) is 0 Å². The summed E-state index contributed by atoms with van der Waals surface area (Å²) >= 11 is 10.9. The number of ether oxygens (including phenoxy) is 1. The van der Waals surface area contributed by atoms with Crippen LogP contribution in [0.15, 0.2) is 76.8 Å². The minimum Gasteiger partial charge on any atom is -0.488 e. The Labute approximate surface area is 228 Å². The van der Waals surface area contributed by atoms with Gasteiger partial charge in [-0.3, -0.25) is 19.8 Å². The largest absolute Gasteiger partial charge is 0.488 e. The van der Waals surface area contributed by atoms with Crippen molar-refractivity contribution in [2.24, 2.45) is 0 Å². The number of carboxylic acid groups (broad SMARTS) is 1. The minimum absolute atomic E-state index is 0.00899. The molecular weight excluding hydrogens is 647 g/mol. The third kappa shape index (κ3) is 5.77. The molecule has 0 aliphatic carbocycles. The summed E-state index contributed by atoms with van der Waals surface area (Å²) in [5.41, 5.74) is 1.70. The second-order valence-electron chi connectivity index (χ2n) is 7.42. The lowest BCUT2D eigenvalue weighted by molar-refractivity contribution is -0.122. The molecule has 4 rings (SSSR count). The number of hydrogen-bond acceptors (Lipinski definition) is 5. The minimum atomic E-state index is -1.14. The van der Waals surface area contributed by atoms with E-state index in [9.17, 15) is 19.5 Å². The number of benzene rings is 3. The highest BCUT2D eigenvalue weighted by atomic mass is 127. The zero-order chi connectivity index (χ0) is 25.1. The number of aromatic carboxylic acids is 1. The monoisotopic (exact) mass is 662 g/mol. The molecule has 1 aliphatic heterocycles. The van der Waals surface area contributed by atoms with Crippen molar-refractivity contribution in [1.29, 1.82) is 0 Å². The van der Waals surface area contributed by atoms with Crippen LogP contribution in [0.1, 0.15) is 21.5 Å². The molecule has 1 aliphatic rings. The van der Waals surface area contributed by atoms with Crippen LogP contribution in [-0.2, 0) is 16.2 Å². The first kappa shape index (κ1) is 25.0. The van der Waals surface area contributed by atoms with Crippen LogP contribution >= 0.6 is 50.7 Å². The first-order chi connectivity index (χ1) is 16.7. The number of halogens is 2. The van der Waals surface area contributed by atoms with Crippen LogP contribution in [-0.4, -0.2) is 28.0 Å². The van der Waals surface area contributed by atoms with Gasteiger partial charge in [-0.25, -0.2) is 4.79 Å². The summed E-state index contributed by atoms with van der Waals surface area (Å²) in [6, 6.07) is 19.0. The Morgan fingerprint density at radius 3 is 2.54 bits per heavy atom. The van der Waals surface area contributed by atoms with Crippen LogP contribution < -0.4 is 15.0 Å². The Kier molecular flexibility index (Phi) is 7.63. The summed E-state index contributed by atoms with van der Waals surface area (Å²) in [7, 11) is 0. The fourth-order valence-electron chi connectivity index (χ4n) is 3.30. The van der Waals surface area contributed by atoms with E-state index in [0.717, 1.165) is 14.0 Å². The van der Waals surface area contributed by atoms with Gasteiger partial charge < -0.3 is 9.84 Å². The fraction of sp³-hybridized carbons (Fsp3) is 0.0400. The van der Waals surface area contributed by atoms with Gasteiger partial charge in [-0.15, -0.1) is 0 Å². The maximum atomic E-state index is 13.2. The van der Waals surface area contributed by atoms with Gasteiger partial charge in [0.25, 0.3) is 11.8 Å². The summed E-state index contributed by atoms with van der Waals surface area (Å²) < 4.78 is 7.67. The van der Waals surface area contributed by atoms with Crippen molar-refractivity contribution in [1.82, 2.24) is 5.32 Å². The van der Waals surface area contributed by atoms with E-state index in [4.69, 9.17) is 17.0 Å². The Morgan fingerprint density at radius 2 is 1.86 bits per heavy atom. The molecule has 2 amide bonds. The maximum Gasteiger partial charge on any atom is 0.335 e. The number of nitrogens with zero attached hydrogens (tertiary/aromatic N) is 1. The van der Waals surface area contributed by atoms with Crippen LogP contribution in [0.5, 0.6) is 5.75 Å². The number of carbonyl (C=O) groups excluding carboxylic acids is 2. The molecular formula is C25H16BrIN2O5S. The Hall–Kier alpha value is -3.09. The van der Waals surface area contributed by atoms with Crippen LogP contribution in [0, 0.1) is 3.57 Å². The second-order valence-corrected chi connectivity index (χ2v) is 9.91. The summed E-state index contributed by atoms with van der Waals surface area (Å²) in [5.74, 6) is -1.83. The molecule has 1 heterocycles. The van der Waals surface area contributed by atoms with Gasteiger partial charge in [0.15, 0.2) is 5.11 Å². The molecule has 0 bridgehead atoms. The predicted octanol–water partition coefficient (Wildman–Crippen LogP) is 5.16. The van der Waals surface area contributed by atoms with Gasteiger partial charge in [0.2, 0.25) is 0 Å². The molecule has 3 aromatic carbocycles. The Morgan fingerprint density at radius 1 is 1.11 bits per heavy atom. The second kappa shape index (κ2) is 10.7. The molecule has 1 fully saturated rings. The quantitative estimate of drug-likeness (QED) is 0.164. The van der Waals surface area contributed by atoms with Crippen molar-refractivity contribution >= 4 is 85.4 Å². The summed E-state index contributed by atoms with van der Waals surface area (Å²) in [6.07, 6.45) is 1.45. The SMILES string of the molecule is O=C1NC(=S)N(c2cccc(C(=O)O)c2)C(=O)C1=Cc1ccc(OCc2ccc(I)cc2)c(Br)c1. The van der Waals surface area contributed by atoms with Crippen LogP contribution in [0.3, 0.4) is 0 Å². The van der Waals surface area contributed by atoms with E-state index in [0.29, 0.717) is 22.4 Å². The molecule has 0 spiro atoms. The molecule has 0 aromatic heterocycles. The van der Waals surface area contributed by atoms with Gasteiger partial charge in [-0.05, 0) is 110 Å². The van der Waals surface area contributed by atoms with Gasteiger partial charge in [0.05, 0.1) is 15.7 Å². The normalized spacial score (nSPS) is 14.7. The van der Waals surface area contributed by atoms with E-state index in [-0.39, 0.29) is 21.9 Å². The standard InChI is InChI=1S/C25H16BrIN2O5S/c26-20-11-15(6-9-21(20)34-13-14-4-7-17(27)8-5-14)10-19-22(30)28-25(35)29(23(19)31)18-3-1-2-16(12-18)24(32)33/h1-12H,13H2,(H,32,33)(H,28,30,35). The van der Waals surface area contributed by atoms with E-state index in [1.807, 2.05) is 24.3 Å². The predicted molar refractivity (Wildman–Crippen MR) is 147 cm³/mol. The van der Waals surface area contributed by atoms with Gasteiger partial charge in [-0.2, -0.15) is 0 Å². The lowest BCUT2D eigenvalue weighted by Gasteiger charge is -2.29. The third-order valence-corrected chi connectivity index (χ3v) is 6.65. The number of nitrogens with one attached hydrogen (secondary N) is 1. The number of thiocarbonyl (C=S) groups is 1. The van der Waals surface area contributed by atoms with Crippen molar-refractivity contribution < 1.29 is 24.2 Å². The highest BCUT2D eigenvalue weighted by Gasteiger charge is 2.34. The number of carboxylic acids is 1. The molecule has 0 saturated carbocycles. The fourth-order valence-corrected chi connectivity index (χ4v) is 4.45. The van der Waals surface area contributed by atoms with E-state index >= 15 is 0 Å². The lowest BCUT2D eigenvalue weighted by Crippen LogP contribution is -2.54. The molecule has 10 heteroatoms. The van der Waals surface area contributed by atoms with Crippen molar-refractivity contribution in [2.45, 2.75) is 6.61 Å². The summed E-state index contributed by atoms with van der Waals surface area (Å²) in [4.78, 5) is 38.2. The zero-order valence-corrected chi connectivity index (χ0v) is 22.4. The van der Waals surface area contributed by atoms with Crippen LogP contribution in [0.25, 0.3) is 6.08 Å². The van der Waals surface area contributed by atoms with Gasteiger partial charge in [0.1, 0.15) is 17.9 Å². The van der Waals surface area contributed by atoms with E-state index < -0.39 is 17.8 Å². The lowest BCUT2D eigenvalue weighted by atomic mass is 10.1. The number of amides is 2. The molecule has 35 heavy (non-hydrogen) atoms. The van der Waals surface area contributed by atoms with Crippen LogP contribution in [0.2, 0.25) is 0 Å². The maximum absolute atomic E-state index is 13.2. The van der Waals surface area contributed by atoms with Crippen molar-refractivity contribution in [3.8, 4) is 5.75 Å².